The van der Waals surface area contributed by atoms with Gasteiger partial charge in [-0.3, -0.25) is 9.97 Å². The average Bonchev–Trinajstić information content (AvgIpc) is 2.83. The van der Waals surface area contributed by atoms with Crippen molar-refractivity contribution in [1.29, 1.82) is 0 Å². The van der Waals surface area contributed by atoms with Crippen molar-refractivity contribution in [2.75, 3.05) is 0 Å². The van der Waals surface area contributed by atoms with Crippen molar-refractivity contribution in [2.24, 2.45) is 0 Å². The van der Waals surface area contributed by atoms with E-state index in [0.717, 1.165) is 16.7 Å². The van der Waals surface area contributed by atoms with Gasteiger partial charge in [0.05, 0.1) is 33.9 Å². The summed E-state index contributed by atoms with van der Waals surface area (Å²) in [6.07, 6.45) is 2.93. The van der Waals surface area contributed by atoms with E-state index >= 15 is 0 Å². The van der Waals surface area contributed by atoms with Gasteiger partial charge in [-0.05, 0) is 68.3 Å². The Bertz CT molecular complexity index is 1520. The minimum atomic E-state index is -1.15. The Morgan fingerprint density at radius 2 is 1.23 bits per heavy atom. The van der Waals surface area contributed by atoms with E-state index in [2.05, 4.69) is 38.9 Å². The van der Waals surface area contributed by atoms with E-state index in [9.17, 15) is 19.8 Å². The summed E-state index contributed by atoms with van der Waals surface area (Å²) in [5, 5.41) is 18.9. The first-order chi connectivity index (χ1) is 16.7. The fourth-order valence-electron chi connectivity index (χ4n) is 3.78. The van der Waals surface area contributed by atoms with E-state index in [4.69, 9.17) is 0 Å². The minimum absolute atomic E-state index is 0.0169. The number of carboxylic acid groups (broad SMARTS) is 2. The first-order valence-electron chi connectivity index (χ1n) is 10.7. The number of aromatic nitrogens is 3. The lowest BCUT2D eigenvalue weighted by Crippen LogP contribution is -2.02. The first-order valence-corrected chi connectivity index (χ1v) is 10.7. The Kier molecular flexibility index (Phi) is 6.38. The van der Waals surface area contributed by atoms with Crippen LogP contribution in [0.2, 0.25) is 0 Å². The molecule has 4 aromatic rings. The Balaban J connectivity index is 1.78. The van der Waals surface area contributed by atoms with Crippen LogP contribution in [-0.2, 0) is 0 Å². The molecule has 0 radical (unpaired) electrons. The topological polar surface area (TPSA) is 113 Å². The van der Waals surface area contributed by atoms with Gasteiger partial charge in [-0.25, -0.2) is 14.6 Å². The van der Waals surface area contributed by atoms with Gasteiger partial charge < -0.3 is 10.2 Å². The number of carbonyl (C=O) groups is 2. The number of carboxylic acids is 2. The van der Waals surface area contributed by atoms with Gasteiger partial charge in [0.2, 0.25) is 0 Å². The molecule has 0 unspecified atom stereocenters. The molecule has 0 aliphatic carbocycles. The molecule has 0 aliphatic heterocycles. The van der Waals surface area contributed by atoms with Gasteiger partial charge in [0.25, 0.3) is 0 Å². The first kappa shape index (κ1) is 23.3. The summed E-state index contributed by atoms with van der Waals surface area (Å²) in [6.45, 7) is 6.10. The molecular weight excluding hydrogens is 442 g/mol. The van der Waals surface area contributed by atoms with Gasteiger partial charge in [0.1, 0.15) is 0 Å². The number of benzene rings is 1. The summed E-state index contributed by atoms with van der Waals surface area (Å²) in [6, 6.07) is 13.2. The normalized spacial score (nSPS) is 10.4. The molecule has 2 N–H and O–H groups in total. The zero-order valence-electron chi connectivity index (χ0n) is 19.3. The average molecular weight is 463 g/mol. The number of aromatic carboxylic acids is 2. The molecule has 0 saturated carbocycles. The maximum Gasteiger partial charge on any atom is 0.335 e. The molecule has 0 saturated heterocycles. The lowest BCUT2D eigenvalue weighted by Gasteiger charge is -2.08. The third-order valence-corrected chi connectivity index (χ3v) is 5.37. The van der Waals surface area contributed by atoms with Crippen molar-refractivity contribution in [1.82, 2.24) is 15.0 Å². The molecule has 0 amide bonds. The Morgan fingerprint density at radius 1 is 0.686 bits per heavy atom. The summed E-state index contributed by atoms with van der Waals surface area (Å²) in [5.41, 5.74) is 6.27. The quantitative estimate of drug-likeness (QED) is 0.413. The number of aryl methyl sites for hydroxylation is 3. The number of hydrogen-bond donors (Lipinski definition) is 2. The fourth-order valence-corrected chi connectivity index (χ4v) is 3.78. The van der Waals surface area contributed by atoms with Crippen LogP contribution >= 0.6 is 0 Å². The van der Waals surface area contributed by atoms with Crippen LogP contribution in [0.3, 0.4) is 0 Å². The lowest BCUT2D eigenvalue weighted by molar-refractivity contribution is 0.0686. The molecule has 3 heterocycles. The van der Waals surface area contributed by atoms with Crippen molar-refractivity contribution in [3.8, 4) is 34.6 Å². The van der Waals surface area contributed by atoms with Crippen LogP contribution in [0.1, 0.15) is 48.5 Å². The Labute approximate surface area is 202 Å². The van der Waals surface area contributed by atoms with Gasteiger partial charge in [-0.2, -0.15) is 0 Å². The fraction of sp³-hybridized carbons (Fsp3) is 0.107. The highest BCUT2D eigenvalue weighted by molar-refractivity contribution is 5.91. The number of nitrogens with zero attached hydrogens (tertiary/aromatic N) is 3. The minimum Gasteiger partial charge on any atom is -0.478 e. The van der Waals surface area contributed by atoms with E-state index < -0.39 is 11.9 Å². The number of hydrogen-bond acceptors (Lipinski definition) is 5. The summed E-state index contributed by atoms with van der Waals surface area (Å²) in [4.78, 5) is 36.2. The highest BCUT2D eigenvalue weighted by Gasteiger charge is 2.14. The maximum atomic E-state index is 11.8. The zero-order valence-corrected chi connectivity index (χ0v) is 19.3. The predicted octanol–water partition coefficient (Wildman–Crippen LogP) is 4.93. The van der Waals surface area contributed by atoms with Crippen LogP contribution in [0.5, 0.6) is 0 Å². The molecule has 172 valence electrons. The molecule has 0 aliphatic rings. The van der Waals surface area contributed by atoms with Gasteiger partial charge >= 0.3 is 11.9 Å². The van der Waals surface area contributed by atoms with Crippen molar-refractivity contribution in [3.63, 3.8) is 0 Å². The van der Waals surface area contributed by atoms with Crippen LogP contribution in [0.15, 0.2) is 60.9 Å². The molecule has 0 atom stereocenters. The van der Waals surface area contributed by atoms with E-state index in [1.54, 1.807) is 18.3 Å². The molecule has 35 heavy (non-hydrogen) atoms. The molecular formula is C28H21N3O4. The summed E-state index contributed by atoms with van der Waals surface area (Å²) < 4.78 is 0. The van der Waals surface area contributed by atoms with E-state index in [0.29, 0.717) is 17.0 Å². The summed E-state index contributed by atoms with van der Waals surface area (Å²) in [7, 11) is 0. The van der Waals surface area contributed by atoms with Crippen LogP contribution in [-0.4, -0.2) is 37.1 Å². The second kappa shape index (κ2) is 9.57. The molecule has 0 bridgehead atoms. The zero-order chi connectivity index (χ0) is 25.1. The molecule has 7 heteroatoms. The van der Waals surface area contributed by atoms with Gasteiger partial charge in [0, 0.05) is 23.5 Å². The second-order valence-corrected chi connectivity index (χ2v) is 8.12. The predicted molar refractivity (Wildman–Crippen MR) is 131 cm³/mol. The summed E-state index contributed by atoms with van der Waals surface area (Å²) >= 11 is 0. The summed E-state index contributed by atoms with van der Waals surface area (Å²) in [5.74, 6) is 4.13. The van der Waals surface area contributed by atoms with Gasteiger partial charge in [0.15, 0.2) is 0 Å². The van der Waals surface area contributed by atoms with Crippen molar-refractivity contribution in [3.05, 3.63) is 99.9 Å². The van der Waals surface area contributed by atoms with Crippen molar-refractivity contribution in [2.45, 2.75) is 20.8 Å². The Morgan fingerprint density at radius 3 is 1.83 bits per heavy atom. The Hall–Kier alpha value is -4.83. The second-order valence-electron chi connectivity index (χ2n) is 8.12. The van der Waals surface area contributed by atoms with Crippen LogP contribution in [0, 0.1) is 32.6 Å². The van der Waals surface area contributed by atoms with Crippen molar-refractivity contribution >= 4 is 11.9 Å². The SMILES string of the molecule is Cc1cc(C)c(C#Cc2ccnc(-c3cc(C(=O)O)cc(-c4cc(C(=O)O)ccn4)n3)c2)c(C)c1. The molecule has 7 nitrogen and oxygen atoms in total. The highest BCUT2D eigenvalue weighted by Crippen LogP contribution is 2.24. The van der Waals surface area contributed by atoms with Crippen LogP contribution in [0.25, 0.3) is 22.8 Å². The van der Waals surface area contributed by atoms with Gasteiger partial charge in [-0.15, -0.1) is 0 Å². The van der Waals surface area contributed by atoms with Crippen molar-refractivity contribution < 1.29 is 19.8 Å². The molecule has 0 fully saturated rings. The highest BCUT2D eigenvalue weighted by atomic mass is 16.4. The maximum absolute atomic E-state index is 11.8. The third kappa shape index (κ3) is 5.23. The van der Waals surface area contributed by atoms with Crippen LogP contribution < -0.4 is 0 Å². The standard InChI is InChI=1S/C28H21N3O4/c1-16-10-17(2)22(18(3)11-16)5-4-19-6-8-29-23(12-19)25-14-21(28(34)35)15-26(31-25)24-13-20(27(32)33)7-9-30-24/h6-15H,1-3H3,(H,32,33)(H,34,35). The largest absolute Gasteiger partial charge is 0.478 e. The lowest BCUT2D eigenvalue weighted by atomic mass is 10.00. The molecule has 0 spiro atoms. The van der Waals surface area contributed by atoms with E-state index in [1.807, 2.05) is 20.8 Å². The van der Waals surface area contributed by atoms with Crippen LogP contribution in [0.4, 0.5) is 0 Å². The number of pyridine rings is 3. The monoisotopic (exact) mass is 463 g/mol. The third-order valence-electron chi connectivity index (χ3n) is 5.37. The smallest absolute Gasteiger partial charge is 0.335 e. The molecule has 4 rings (SSSR count). The molecule has 1 aromatic carbocycles. The van der Waals surface area contributed by atoms with E-state index in [1.165, 1.54) is 36.0 Å². The van der Waals surface area contributed by atoms with Gasteiger partial charge in [-0.1, -0.05) is 29.5 Å². The molecule has 3 aromatic heterocycles. The number of rotatable bonds is 4. The van der Waals surface area contributed by atoms with E-state index in [-0.39, 0.29) is 22.5 Å².